The zero-order valence-electron chi connectivity index (χ0n) is 12.5. The Morgan fingerprint density at radius 3 is 2.45 bits per heavy atom. The highest BCUT2D eigenvalue weighted by atomic mass is 16.6. The molecule has 20 heavy (non-hydrogen) atoms. The topological polar surface area (TPSA) is 66.8 Å². The summed E-state index contributed by atoms with van der Waals surface area (Å²) in [5, 5.41) is 9.58. The number of carboxylic acid groups (broad SMARTS) is 1. The van der Waals surface area contributed by atoms with Crippen LogP contribution >= 0.6 is 0 Å². The van der Waals surface area contributed by atoms with E-state index in [9.17, 15) is 14.7 Å². The van der Waals surface area contributed by atoms with Crippen molar-refractivity contribution in [1.82, 2.24) is 4.90 Å². The van der Waals surface area contributed by atoms with Crippen molar-refractivity contribution in [3.63, 3.8) is 0 Å². The van der Waals surface area contributed by atoms with Gasteiger partial charge in [0.2, 0.25) is 0 Å². The Kier molecular flexibility index (Phi) is 2.67. The third-order valence-electron chi connectivity index (χ3n) is 5.22. The third-order valence-corrected chi connectivity index (χ3v) is 5.22. The van der Waals surface area contributed by atoms with Crippen molar-refractivity contribution in [3.8, 4) is 0 Å². The highest BCUT2D eigenvalue weighted by molar-refractivity contribution is 5.82. The Morgan fingerprint density at radius 1 is 1.25 bits per heavy atom. The highest BCUT2D eigenvalue weighted by Gasteiger charge is 2.66. The standard InChI is InChI=1S/C15H23NO4/c1-14(2,3)20-13(19)16-11(12(17)18)9-5-8-6-15(16,4)7-10(8)9/h8-11H,5-7H2,1-4H3,(H,17,18)/t8?,9-,10?,11-,15?/m0/s1. The Hall–Kier alpha value is -1.26. The number of likely N-dealkylation sites (tertiary alicyclic amines) is 1. The van der Waals surface area contributed by atoms with Crippen LogP contribution in [0.1, 0.15) is 47.0 Å². The number of carboxylic acids is 1. The Labute approximate surface area is 119 Å². The van der Waals surface area contributed by atoms with Gasteiger partial charge in [-0.2, -0.15) is 0 Å². The Balaban J connectivity index is 1.93. The van der Waals surface area contributed by atoms with E-state index in [0.717, 1.165) is 19.3 Å². The molecule has 2 aliphatic carbocycles. The normalized spacial score (nSPS) is 42.1. The fourth-order valence-electron chi connectivity index (χ4n) is 4.59. The highest BCUT2D eigenvalue weighted by Crippen LogP contribution is 2.63. The number of aliphatic carboxylic acids is 1. The van der Waals surface area contributed by atoms with Crippen molar-refractivity contribution in [3.05, 3.63) is 0 Å². The molecule has 1 saturated heterocycles. The van der Waals surface area contributed by atoms with E-state index in [0.29, 0.717) is 11.8 Å². The maximum absolute atomic E-state index is 12.5. The van der Waals surface area contributed by atoms with Crippen molar-refractivity contribution in [2.75, 3.05) is 0 Å². The van der Waals surface area contributed by atoms with Crippen LogP contribution in [0.5, 0.6) is 0 Å². The predicted molar refractivity (Wildman–Crippen MR) is 72.2 cm³/mol. The second kappa shape index (κ2) is 3.89. The molecule has 2 bridgehead atoms. The number of fused-ring (bicyclic) bond motifs is 1. The molecule has 1 aliphatic heterocycles. The van der Waals surface area contributed by atoms with Crippen LogP contribution in [0.2, 0.25) is 0 Å². The molecule has 2 saturated carbocycles. The van der Waals surface area contributed by atoms with E-state index in [1.807, 2.05) is 27.7 Å². The lowest BCUT2D eigenvalue weighted by molar-refractivity contribution is -0.155. The Morgan fingerprint density at radius 2 is 1.90 bits per heavy atom. The van der Waals surface area contributed by atoms with Crippen LogP contribution in [0, 0.1) is 17.8 Å². The predicted octanol–water partition coefficient (Wildman–Crippen LogP) is 2.50. The fraction of sp³-hybridized carbons (Fsp3) is 0.867. The van der Waals surface area contributed by atoms with E-state index in [1.54, 1.807) is 0 Å². The van der Waals surface area contributed by atoms with Gasteiger partial charge in [0.25, 0.3) is 0 Å². The molecule has 1 N–H and O–H groups in total. The van der Waals surface area contributed by atoms with Crippen LogP contribution in [0.25, 0.3) is 0 Å². The van der Waals surface area contributed by atoms with Crippen molar-refractivity contribution < 1.29 is 19.4 Å². The average Bonchev–Trinajstić information content (AvgIpc) is 2.41. The van der Waals surface area contributed by atoms with Crippen LogP contribution < -0.4 is 0 Å². The molecule has 0 aromatic rings. The minimum atomic E-state index is -0.892. The summed E-state index contributed by atoms with van der Waals surface area (Å²) in [4.78, 5) is 25.7. The van der Waals surface area contributed by atoms with E-state index < -0.39 is 23.7 Å². The first kappa shape index (κ1) is 13.7. The summed E-state index contributed by atoms with van der Waals surface area (Å²) in [6.07, 6.45) is 2.30. The molecule has 5 atom stereocenters. The van der Waals surface area contributed by atoms with Crippen molar-refractivity contribution in [2.45, 2.75) is 64.1 Å². The monoisotopic (exact) mass is 281 g/mol. The molecular weight excluding hydrogens is 258 g/mol. The van der Waals surface area contributed by atoms with Crippen molar-refractivity contribution in [2.24, 2.45) is 17.8 Å². The van der Waals surface area contributed by atoms with Crippen LogP contribution in [0.15, 0.2) is 0 Å². The molecule has 3 rings (SSSR count). The van der Waals surface area contributed by atoms with E-state index in [2.05, 4.69) is 0 Å². The minimum absolute atomic E-state index is 0.112. The van der Waals surface area contributed by atoms with E-state index in [1.165, 1.54) is 4.90 Å². The zero-order chi connectivity index (χ0) is 14.9. The summed E-state index contributed by atoms with van der Waals surface area (Å²) in [5.41, 5.74) is -0.956. The number of hydrogen-bond acceptors (Lipinski definition) is 3. The molecule has 0 aromatic heterocycles. The molecule has 0 radical (unpaired) electrons. The van der Waals surface area contributed by atoms with E-state index in [-0.39, 0.29) is 11.5 Å². The summed E-state index contributed by atoms with van der Waals surface area (Å²) in [5.74, 6) is 0.303. The lowest BCUT2D eigenvalue weighted by Gasteiger charge is -2.52. The lowest BCUT2D eigenvalue weighted by atomic mass is 9.62. The van der Waals surface area contributed by atoms with Gasteiger partial charge in [-0.3, -0.25) is 4.90 Å². The summed E-state index contributed by atoms with van der Waals surface area (Å²) in [6.45, 7) is 7.44. The Bertz CT molecular complexity index is 465. The number of piperidine rings is 1. The molecule has 5 heteroatoms. The SMILES string of the molecule is CC(C)(C)OC(=O)N1[C@H](C(=O)O)[C@H]2CC3CC1(C)CC32. The van der Waals surface area contributed by atoms with Crippen LogP contribution in [0.4, 0.5) is 4.79 Å². The van der Waals surface area contributed by atoms with Gasteiger partial charge >= 0.3 is 12.1 Å². The largest absolute Gasteiger partial charge is 0.480 e. The number of nitrogens with zero attached hydrogens (tertiary/aromatic N) is 1. The number of carbonyl (C=O) groups excluding carboxylic acids is 1. The van der Waals surface area contributed by atoms with Gasteiger partial charge in [0, 0.05) is 5.54 Å². The molecule has 1 heterocycles. The van der Waals surface area contributed by atoms with E-state index in [4.69, 9.17) is 4.74 Å². The summed E-state index contributed by atoms with van der Waals surface area (Å²) in [6, 6.07) is -0.715. The number of ether oxygens (including phenoxy) is 1. The van der Waals surface area contributed by atoms with Gasteiger partial charge in [0.15, 0.2) is 0 Å². The number of rotatable bonds is 1. The summed E-state index contributed by atoms with van der Waals surface area (Å²) < 4.78 is 5.46. The molecule has 1 amide bonds. The van der Waals surface area contributed by atoms with Gasteiger partial charge in [0.05, 0.1) is 0 Å². The molecule has 0 aromatic carbocycles. The van der Waals surface area contributed by atoms with Gasteiger partial charge in [-0.15, -0.1) is 0 Å². The van der Waals surface area contributed by atoms with Gasteiger partial charge in [0.1, 0.15) is 11.6 Å². The zero-order valence-corrected chi connectivity index (χ0v) is 12.5. The van der Waals surface area contributed by atoms with Crippen molar-refractivity contribution in [1.29, 1.82) is 0 Å². The van der Waals surface area contributed by atoms with Gasteiger partial charge in [-0.05, 0) is 64.7 Å². The maximum atomic E-state index is 12.5. The lowest BCUT2D eigenvalue weighted by Crippen LogP contribution is -2.64. The van der Waals surface area contributed by atoms with Crippen molar-refractivity contribution >= 4 is 12.1 Å². The fourth-order valence-corrected chi connectivity index (χ4v) is 4.59. The van der Waals surface area contributed by atoms with Gasteiger partial charge < -0.3 is 9.84 Å². The van der Waals surface area contributed by atoms with Crippen LogP contribution in [0.3, 0.4) is 0 Å². The first-order valence-electron chi connectivity index (χ1n) is 7.37. The number of carbonyl (C=O) groups is 2. The molecule has 3 aliphatic rings. The van der Waals surface area contributed by atoms with Gasteiger partial charge in [-0.1, -0.05) is 0 Å². The molecular formula is C15H23NO4. The number of amides is 1. The first-order chi connectivity index (χ1) is 9.12. The molecule has 0 spiro atoms. The van der Waals surface area contributed by atoms with Crippen LogP contribution in [-0.4, -0.2) is 39.3 Å². The second-order valence-corrected chi connectivity index (χ2v) is 7.86. The average molecular weight is 281 g/mol. The molecule has 5 nitrogen and oxygen atoms in total. The molecule has 3 unspecified atom stereocenters. The van der Waals surface area contributed by atoms with Crippen LogP contribution in [-0.2, 0) is 9.53 Å². The quantitative estimate of drug-likeness (QED) is 0.802. The van der Waals surface area contributed by atoms with Gasteiger partial charge in [-0.25, -0.2) is 9.59 Å². The third kappa shape index (κ3) is 1.82. The molecule has 3 fully saturated rings. The summed E-state index contributed by atoms with van der Waals surface area (Å²) >= 11 is 0. The second-order valence-electron chi connectivity index (χ2n) is 7.86. The van der Waals surface area contributed by atoms with E-state index >= 15 is 0 Å². The molecule has 112 valence electrons. The maximum Gasteiger partial charge on any atom is 0.411 e. The minimum Gasteiger partial charge on any atom is -0.480 e. The summed E-state index contributed by atoms with van der Waals surface area (Å²) in [7, 11) is 0. The number of hydrogen-bond donors (Lipinski definition) is 1. The first-order valence-corrected chi connectivity index (χ1v) is 7.37. The smallest absolute Gasteiger partial charge is 0.411 e.